The molecule has 1 aromatic rings. The van der Waals surface area contributed by atoms with Crippen molar-refractivity contribution in [3.63, 3.8) is 0 Å². The van der Waals surface area contributed by atoms with Crippen LogP contribution >= 0.6 is 22.6 Å². The molecule has 2 fully saturated rings. The maximum absolute atomic E-state index is 6.15. The highest BCUT2D eigenvalue weighted by Crippen LogP contribution is 2.35. The quantitative estimate of drug-likeness (QED) is 0.793. The molecule has 2 unspecified atom stereocenters. The Morgan fingerprint density at radius 3 is 2.82 bits per heavy atom. The molecular formula is C12H19IN4. The predicted molar refractivity (Wildman–Crippen MR) is 77.0 cm³/mol. The van der Waals surface area contributed by atoms with Gasteiger partial charge in [-0.05, 0) is 61.7 Å². The van der Waals surface area contributed by atoms with Gasteiger partial charge in [0, 0.05) is 12.6 Å². The van der Waals surface area contributed by atoms with Gasteiger partial charge in [0.2, 0.25) is 0 Å². The molecule has 2 saturated heterocycles. The fourth-order valence-corrected chi connectivity index (χ4v) is 3.60. The van der Waals surface area contributed by atoms with E-state index in [9.17, 15) is 0 Å². The van der Waals surface area contributed by atoms with E-state index in [4.69, 9.17) is 5.73 Å². The van der Waals surface area contributed by atoms with Crippen LogP contribution < -0.4 is 5.73 Å². The second-order valence-corrected chi connectivity index (χ2v) is 6.32. The molecule has 3 heterocycles. The molecule has 1 aromatic heterocycles. The van der Waals surface area contributed by atoms with Crippen LogP contribution in [-0.4, -0.2) is 33.8 Å². The topological polar surface area (TPSA) is 47.1 Å². The first kappa shape index (κ1) is 11.8. The van der Waals surface area contributed by atoms with Crippen LogP contribution in [0.3, 0.4) is 0 Å². The Morgan fingerprint density at radius 2 is 2.12 bits per heavy atom. The molecule has 0 radical (unpaired) electrons. The Kier molecular flexibility index (Phi) is 3.06. The molecule has 2 atom stereocenters. The highest BCUT2D eigenvalue weighted by Gasteiger charge is 2.33. The van der Waals surface area contributed by atoms with Gasteiger partial charge < -0.3 is 10.6 Å². The summed E-state index contributed by atoms with van der Waals surface area (Å²) in [6.07, 6.45) is 5.13. The summed E-state index contributed by atoms with van der Waals surface area (Å²) in [5.74, 6) is 0.861. The zero-order chi connectivity index (χ0) is 12.0. The molecule has 2 aliphatic heterocycles. The van der Waals surface area contributed by atoms with Gasteiger partial charge >= 0.3 is 0 Å². The van der Waals surface area contributed by atoms with Crippen LogP contribution in [0.15, 0.2) is 0 Å². The van der Waals surface area contributed by atoms with E-state index < -0.39 is 0 Å². The molecule has 3 rings (SSSR count). The average molecular weight is 346 g/mol. The van der Waals surface area contributed by atoms with Crippen LogP contribution in [0.25, 0.3) is 0 Å². The van der Waals surface area contributed by atoms with E-state index in [2.05, 4.69) is 37.3 Å². The first-order valence-electron chi connectivity index (χ1n) is 6.41. The van der Waals surface area contributed by atoms with Crippen molar-refractivity contribution in [1.29, 1.82) is 0 Å². The second kappa shape index (κ2) is 4.42. The van der Waals surface area contributed by atoms with Crippen molar-refractivity contribution < 1.29 is 0 Å². The molecule has 4 nitrogen and oxygen atoms in total. The Bertz CT molecular complexity index is 428. The van der Waals surface area contributed by atoms with E-state index in [1.54, 1.807) is 0 Å². The Morgan fingerprint density at radius 1 is 1.29 bits per heavy atom. The molecule has 0 bridgehead atoms. The molecule has 0 amide bonds. The highest BCUT2D eigenvalue weighted by molar-refractivity contribution is 14.1. The number of nitrogen functional groups attached to an aromatic ring is 1. The third-order valence-corrected chi connectivity index (χ3v) is 5.52. The lowest BCUT2D eigenvalue weighted by molar-refractivity contribution is 0.150. The van der Waals surface area contributed by atoms with Crippen molar-refractivity contribution in [2.24, 2.45) is 0 Å². The number of hydrogen-bond acceptors (Lipinski definition) is 3. The summed E-state index contributed by atoms with van der Waals surface area (Å²) in [6.45, 7) is 4.55. The van der Waals surface area contributed by atoms with Crippen molar-refractivity contribution in [2.75, 3.05) is 18.8 Å². The highest BCUT2D eigenvalue weighted by atomic mass is 127. The van der Waals surface area contributed by atoms with Crippen LogP contribution in [0.2, 0.25) is 0 Å². The molecule has 17 heavy (non-hydrogen) atoms. The van der Waals surface area contributed by atoms with E-state index in [0.29, 0.717) is 6.04 Å². The van der Waals surface area contributed by atoms with Gasteiger partial charge in [-0.15, -0.1) is 0 Å². The number of aryl methyl sites for hydroxylation is 1. The largest absolute Gasteiger partial charge is 0.383 e. The van der Waals surface area contributed by atoms with Crippen molar-refractivity contribution in [1.82, 2.24) is 14.7 Å². The summed E-state index contributed by atoms with van der Waals surface area (Å²) >= 11 is 2.30. The second-order valence-electron chi connectivity index (χ2n) is 5.24. The SMILES string of the molecule is Cc1nn(C2CCN3CCCC3C2)c(N)c1I. The molecule has 0 aromatic carbocycles. The van der Waals surface area contributed by atoms with Gasteiger partial charge in [0.1, 0.15) is 5.82 Å². The lowest BCUT2D eigenvalue weighted by Gasteiger charge is -2.35. The molecule has 0 aliphatic carbocycles. The van der Waals surface area contributed by atoms with Crippen LogP contribution in [-0.2, 0) is 0 Å². The number of halogens is 1. The molecule has 2 aliphatic rings. The predicted octanol–water partition coefficient (Wildman–Crippen LogP) is 2.18. The van der Waals surface area contributed by atoms with Gasteiger partial charge in [-0.25, -0.2) is 4.68 Å². The van der Waals surface area contributed by atoms with Crippen molar-refractivity contribution >= 4 is 28.4 Å². The van der Waals surface area contributed by atoms with E-state index in [1.807, 2.05) is 6.92 Å². The summed E-state index contributed by atoms with van der Waals surface area (Å²) in [5.41, 5.74) is 7.22. The monoisotopic (exact) mass is 346 g/mol. The first-order chi connectivity index (χ1) is 8.16. The third-order valence-electron chi connectivity index (χ3n) is 4.19. The minimum atomic E-state index is 0.511. The Labute approximate surface area is 116 Å². The van der Waals surface area contributed by atoms with Gasteiger partial charge in [0.05, 0.1) is 15.3 Å². The number of fused-ring (bicyclic) bond motifs is 1. The van der Waals surface area contributed by atoms with Crippen molar-refractivity contribution in [3.05, 3.63) is 9.26 Å². The Balaban J connectivity index is 1.82. The van der Waals surface area contributed by atoms with Crippen molar-refractivity contribution in [2.45, 2.75) is 44.7 Å². The maximum Gasteiger partial charge on any atom is 0.135 e. The van der Waals surface area contributed by atoms with E-state index >= 15 is 0 Å². The molecule has 0 spiro atoms. The normalized spacial score (nSPS) is 29.5. The van der Waals surface area contributed by atoms with Crippen LogP contribution in [0.1, 0.15) is 37.4 Å². The van der Waals surface area contributed by atoms with Crippen LogP contribution in [0.5, 0.6) is 0 Å². The Hall–Kier alpha value is -0.300. The standard InChI is InChI=1S/C12H19IN4/c1-8-11(13)12(14)17(15-8)10-4-6-16-5-2-3-9(16)7-10/h9-10H,2-7,14H2,1H3. The molecule has 94 valence electrons. The number of rotatable bonds is 1. The summed E-state index contributed by atoms with van der Waals surface area (Å²) in [4.78, 5) is 2.63. The number of nitrogens with two attached hydrogens (primary N) is 1. The molecule has 5 heteroatoms. The van der Waals surface area contributed by atoms with Crippen molar-refractivity contribution in [3.8, 4) is 0 Å². The lowest BCUT2D eigenvalue weighted by atomic mass is 9.98. The van der Waals surface area contributed by atoms with E-state index in [-0.39, 0.29) is 0 Å². The first-order valence-corrected chi connectivity index (χ1v) is 7.49. The van der Waals surface area contributed by atoms with E-state index in [0.717, 1.165) is 21.1 Å². The zero-order valence-electron chi connectivity index (χ0n) is 10.2. The minimum Gasteiger partial charge on any atom is -0.383 e. The van der Waals surface area contributed by atoms with Gasteiger partial charge in [0.15, 0.2) is 0 Å². The van der Waals surface area contributed by atoms with Gasteiger partial charge in [-0.1, -0.05) is 0 Å². The summed E-state index contributed by atoms with van der Waals surface area (Å²) in [7, 11) is 0. The van der Waals surface area contributed by atoms with E-state index in [1.165, 1.54) is 38.8 Å². The average Bonchev–Trinajstić information content (AvgIpc) is 2.89. The molecule has 2 N–H and O–H groups in total. The fourth-order valence-electron chi connectivity index (χ4n) is 3.25. The number of anilines is 1. The maximum atomic E-state index is 6.15. The smallest absolute Gasteiger partial charge is 0.135 e. The summed E-state index contributed by atoms with van der Waals surface area (Å²) in [5, 5.41) is 4.61. The number of nitrogens with zero attached hydrogens (tertiary/aromatic N) is 3. The van der Waals surface area contributed by atoms with Gasteiger partial charge in [0.25, 0.3) is 0 Å². The minimum absolute atomic E-state index is 0.511. The van der Waals surface area contributed by atoms with Gasteiger partial charge in [-0.2, -0.15) is 5.10 Å². The number of aromatic nitrogens is 2. The van der Waals surface area contributed by atoms with Crippen LogP contribution in [0.4, 0.5) is 5.82 Å². The van der Waals surface area contributed by atoms with Crippen LogP contribution in [0, 0.1) is 10.5 Å². The molecular weight excluding hydrogens is 327 g/mol. The fraction of sp³-hybridized carbons (Fsp3) is 0.750. The molecule has 0 saturated carbocycles. The number of hydrogen-bond donors (Lipinski definition) is 1. The number of piperidine rings is 1. The third kappa shape index (κ3) is 1.97. The lowest BCUT2D eigenvalue weighted by Crippen LogP contribution is -2.39. The zero-order valence-corrected chi connectivity index (χ0v) is 12.4. The van der Waals surface area contributed by atoms with Gasteiger partial charge in [-0.3, -0.25) is 0 Å². The summed E-state index contributed by atoms with van der Waals surface area (Å²) < 4.78 is 3.20. The summed E-state index contributed by atoms with van der Waals surface area (Å²) in [6, 6.07) is 1.28.